The van der Waals surface area contributed by atoms with E-state index >= 15 is 0 Å². The Labute approximate surface area is 189 Å². The Kier molecular flexibility index (Phi) is 7.44. The van der Waals surface area contributed by atoms with Gasteiger partial charge in [0.05, 0.1) is 25.4 Å². The number of carbonyl (C=O) groups is 2. The van der Waals surface area contributed by atoms with Crippen LogP contribution in [0.3, 0.4) is 0 Å². The first-order valence-electron chi connectivity index (χ1n) is 10.5. The van der Waals surface area contributed by atoms with Crippen molar-refractivity contribution in [2.75, 3.05) is 13.2 Å². The smallest absolute Gasteiger partial charge is 0.333 e. The average Bonchev–Trinajstić information content (AvgIpc) is 2.73. The van der Waals surface area contributed by atoms with Crippen LogP contribution >= 0.6 is 0 Å². The highest BCUT2D eigenvalue weighted by Gasteiger charge is 2.67. The average molecular weight is 433 g/mol. The van der Waals surface area contributed by atoms with Gasteiger partial charge in [0.15, 0.2) is 0 Å². The van der Waals surface area contributed by atoms with Gasteiger partial charge in [-0.3, -0.25) is 0 Å². The second kappa shape index (κ2) is 9.66. The van der Waals surface area contributed by atoms with Crippen molar-refractivity contribution in [2.45, 2.75) is 52.4 Å². The minimum Gasteiger partial charge on any atom is -0.464 e. The van der Waals surface area contributed by atoms with Crippen molar-refractivity contribution in [1.29, 1.82) is 10.5 Å². The maximum Gasteiger partial charge on any atom is 0.333 e. The van der Waals surface area contributed by atoms with Crippen molar-refractivity contribution in [3.63, 3.8) is 0 Å². The summed E-state index contributed by atoms with van der Waals surface area (Å²) in [5, 5.41) is 21.2. The summed E-state index contributed by atoms with van der Waals surface area (Å²) in [4.78, 5) is 27.2. The largest absolute Gasteiger partial charge is 0.464 e. The van der Waals surface area contributed by atoms with Crippen LogP contribution in [0, 0.1) is 50.4 Å². The first kappa shape index (κ1) is 24.6. The molecule has 0 saturated heterocycles. The Hall–Kier alpha value is -3.64. The lowest BCUT2D eigenvalue weighted by molar-refractivity contribution is -0.160. The summed E-state index contributed by atoms with van der Waals surface area (Å²) in [6.45, 7) is 10.4. The van der Waals surface area contributed by atoms with E-state index < -0.39 is 22.8 Å². The molecule has 0 bridgehead atoms. The number of esters is 2. The molecule has 6 nitrogen and oxygen atoms in total. The highest BCUT2D eigenvalue weighted by Crippen LogP contribution is 2.48. The first-order chi connectivity index (χ1) is 15.2. The second-order valence-electron chi connectivity index (χ2n) is 7.80. The molecular weight excluding hydrogens is 404 g/mol. The van der Waals surface area contributed by atoms with Crippen LogP contribution in [0.15, 0.2) is 36.4 Å². The number of aryl methyl sites for hydroxylation is 4. The molecule has 6 heteroatoms. The van der Waals surface area contributed by atoms with Gasteiger partial charge in [0.1, 0.15) is 0 Å². The van der Waals surface area contributed by atoms with Gasteiger partial charge in [0.2, 0.25) is 10.8 Å². The van der Waals surface area contributed by atoms with Crippen molar-refractivity contribution in [3.05, 3.63) is 69.8 Å². The van der Waals surface area contributed by atoms with Gasteiger partial charge in [0, 0.05) is 0 Å². The summed E-state index contributed by atoms with van der Waals surface area (Å²) < 4.78 is 10.7. The number of hydrogen-bond acceptors (Lipinski definition) is 6. The van der Waals surface area contributed by atoms with Gasteiger partial charge in [-0.15, -0.1) is 0 Å². The van der Waals surface area contributed by atoms with Gasteiger partial charge < -0.3 is 9.47 Å². The molecule has 166 valence electrons. The Morgan fingerprint density at radius 1 is 0.750 bits per heavy atom. The number of rotatable bonds is 7. The number of nitrogens with zero attached hydrogens (tertiary/aromatic N) is 2. The van der Waals surface area contributed by atoms with Gasteiger partial charge in [0.25, 0.3) is 0 Å². The van der Waals surface area contributed by atoms with Crippen molar-refractivity contribution in [3.8, 4) is 12.1 Å². The summed E-state index contributed by atoms with van der Waals surface area (Å²) in [5.41, 5.74) is -1.11. The quantitative estimate of drug-likeness (QED) is 0.606. The molecule has 0 saturated carbocycles. The van der Waals surface area contributed by atoms with E-state index in [0.29, 0.717) is 11.1 Å². The molecule has 2 atom stereocenters. The van der Waals surface area contributed by atoms with Crippen LogP contribution in [0.4, 0.5) is 0 Å². The lowest BCUT2D eigenvalue weighted by Gasteiger charge is -2.39. The number of nitriles is 2. The standard InChI is InChI=1S/C26H28N2O4/c1-7-31-23(29)25(15-27,21-11-9-17(3)13-19(21)5)26(16-28,24(30)32-8-2)22-12-10-18(4)14-20(22)6/h9-14H,7-8H2,1-6H3. The zero-order valence-corrected chi connectivity index (χ0v) is 19.4. The Morgan fingerprint density at radius 3 is 1.34 bits per heavy atom. The zero-order valence-electron chi connectivity index (χ0n) is 19.4. The minimum absolute atomic E-state index is 0.0234. The van der Waals surface area contributed by atoms with Gasteiger partial charge in [-0.1, -0.05) is 47.5 Å². The van der Waals surface area contributed by atoms with E-state index in [2.05, 4.69) is 12.1 Å². The Morgan fingerprint density at radius 2 is 1.09 bits per heavy atom. The van der Waals surface area contributed by atoms with E-state index in [9.17, 15) is 20.1 Å². The summed E-state index contributed by atoms with van der Waals surface area (Å²) in [7, 11) is 0. The monoisotopic (exact) mass is 432 g/mol. The van der Waals surface area contributed by atoms with Crippen LogP contribution < -0.4 is 0 Å². The Bertz CT molecular complexity index is 1040. The molecule has 0 aromatic heterocycles. The van der Waals surface area contributed by atoms with Gasteiger partial charge >= 0.3 is 11.9 Å². The highest BCUT2D eigenvalue weighted by molar-refractivity contribution is 6.02. The number of carbonyl (C=O) groups excluding carboxylic acids is 2. The zero-order chi connectivity index (χ0) is 24.1. The van der Waals surface area contributed by atoms with Gasteiger partial charge in [-0.05, 0) is 63.8 Å². The molecule has 0 amide bonds. The molecule has 0 aliphatic rings. The normalized spacial score (nSPS) is 14.2. The molecule has 2 aromatic carbocycles. The summed E-state index contributed by atoms with van der Waals surface area (Å²) in [5.74, 6) is -1.94. The van der Waals surface area contributed by atoms with Crippen LogP contribution in [-0.2, 0) is 29.9 Å². The van der Waals surface area contributed by atoms with Crippen molar-refractivity contribution in [2.24, 2.45) is 0 Å². The predicted octanol–water partition coefficient (Wildman–Crippen LogP) is 4.27. The molecule has 0 radical (unpaired) electrons. The van der Waals surface area contributed by atoms with Crippen LogP contribution in [0.2, 0.25) is 0 Å². The molecular formula is C26H28N2O4. The van der Waals surface area contributed by atoms with E-state index in [1.54, 1.807) is 64.1 Å². The second-order valence-corrected chi connectivity index (χ2v) is 7.80. The lowest BCUT2D eigenvalue weighted by atomic mass is 9.56. The van der Waals surface area contributed by atoms with Crippen LogP contribution in [-0.4, -0.2) is 25.2 Å². The fourth-order valence-corrected chi connectivity index (χ4v) is 4.26. The van der Waals surface area contributed by atoms with Crippen LogP contribution in [0.1, 0.15) is 47.2 Å². The molecule has 0 aliphatic heterocycles. The van der Waals surface area contributed by atoms with E-state index in [4.69, 9.17) is 9.47 Å². The third kappa shape index (κ3) is 3.74. The summed E-state index contributed by atoms with van der Waals surface area (Å²) in [6, 6.07) is 14.4. The van der Waals surface area contributed by atoms with Crippen molar-refractivity contribution in [1.82, 2.24) is 0 Å². The summed E-state index contributed by atoms with van der Waals surface area (Å²) >= 11 is 0. The Balaban J connectivity index is 3.15. The maximum absolute atomic E-state index is 13.6. The third-order valence-corrected chi connectivity index (χ3v) is 5.63. The van der Waals surface area contributed by atoms with E-state index in [1.807, 2.05) is 13.8 Å². The fraction of sp³-hybridized carbons (Fsp3) is 0.385. The predicted molar refractivity (Wildman–Crippen MR) is 120 cm³/mol. The molecule has 0 fully saturated rings. The van der Waals surface area contributed by atoms with E-state index in [1.165, 1.54) is 0 Å². The molecule has 0 heterocycles. The van der Waals surface area contributed by atoms with Gasteiger partial charge in [-0.25, -0.2) is 9.59 Å². The maximum atomic E-state index is 13.6. The van der Waals surface area contributed by atoms with Crippen molar-refractivity contribution >= 4 is 11.9 Å². The number of benzene rings is 2. The van der Waals surface area contributed by atoms with Crippen LogP contribution in [0.5, 0.6) is 0 Å². The minimum atomic E-state index is -2.29. The van der Waals surface area contributed by atoms with Gasteiger partial charge in [-0.2, -0.15) is 10.5 Å². The van der Waals surface area contributed by atoms with Crippen molar-refractivity contribution < 1.29 is 19.1 Å². The molecule has 32 heavy (non-hydrogen) atoms. The lowest BCUT2D eigenvalue weighted by Crippen LogP contribution is -2.59. The molecule has 2 rings (SSSR count). The van der Waals surface area contributed by atoms with Crippen LogP contribution in [0.25, 0.3) is 0 Å². The first-order valence-corrected chi connectivity index (χ1v) is 10.5. The molecule has 2 aromatic rings. The SMILES string of the molecule is CCOC(=O)C(C#N)(c1ccc(C)cc1C)C(C#N)(C(=O)OCC)c1ccc(C)cc1C. The highest BCUT2D eigenvalue weighted by atomic mass is 16.5. The summed E-state index contributed by atoms with van der Waals surface area (Å²) in [6.07, 6.45) is 0. The molecule has 0 aliphatic carbocycles. The fourth-order valence-electron chi connectivity index (χ4n) is 4.26. The molecule has 2 unspecified atom stereocenters. The number of ether oxygens (including phenoxy) is 2. The van der Waals surface area contributed by atoms with E-state index in [0.717, 1.165) is 11.1 Å². The third-order valence-electron chi connectivity index (χ3n) is 5.63. The number of hydrogen-bond donors (Lipinski definition) is 0. The molecule has 0 spiro atoms. The topological polar surface area (TPSA) is 100 Å². The molecule has 0 N–H and O–H groups in total. The van der Waals surface area contributed by atoms with E-state index in [-0.39, 0.29) is 24.3 Å².